The van der Waals surface area contributed by atoms with Crippen LogP contribution in [0.2, 0.25) is 0 Å². The first kappa shape index (κ1) is 12.4. The number of nitrogens with two attached hydrogens (primary N) is 1. The highest BCUT2D eigenvalue weighted by atomic mass is 16.1. The van der Waals surface area contributed by atoms with Crippen LogP contribution in [0.1, 0.15) is 37.9 Å². The smallest absolute Gasteiger partial charge is 0.248 e. The molecule has 0 saturated heterocycles. The standard InChI is InChI=1S/C16H20N2O/c1-3-4-12-11-7-10(2)9-16(12,17)13-5-6-15(19)18-14(13)8-11/h4-7,11H,3,8-9,17H2,1-2H3,(H,18,19)/b12-4+/t11-,16+/m0/s1. The summed E-state index contributed by atoms with van der Waals surface area (Å²) in [7, 11) is 0. The van der Waals surface area contributed by atoms with Crippen LogP contribution in [-0.2, 0) is 12.0 Å². The van der Waals surface area contributed by atoms with E-state index in [0.717, 1.165) is 30.5 Å². The molecule has 3 N–H and O–H groups in total. The highest BCUT2D eigenvalue weighted by Crippen LogP contribution is 2.47. The molecule has 0 unspecified atom stereocenters. The Labute approximate surface area is 113 Å². The molecule has 0 spiro atoms. The van der Waals surface area contributed by atoms with Crippen LogP contribution in [0, 0.1) is 5.92 Å². The lowest BCUT2D eigenvalue weighted by molar-refractivity contribution is 0.408. The molecule has 3 rings (SSSR count). The minimum atomic E-state index is -0.433. The van der Waals surface area contributed by atoms with E-state index in [2.05, 4.69) is 31.0 Å². The summed E-state index contributed by atoms with van der Waals surface area (Å²) in [6.07, 6.45) is 7.26. The highest BCUT2D eigenvalue weighted by Gasteiger charge is 2.43. The lowest BCUT2D eigenvalue weighted by atomic mass is 9.63. The molecule has 2 bridgehead atoms. The van der Waals surface area contributed by atoms with Crippen LogP contribution in [0.5, 0.6) is 0 Å². The van der Waals surface area contributed by atoms with Crippen LogP contribution in [0.25, 0.3) is 0 Å². The van der Waals surface area contributed by atoms with Crippen molar-refractivity contribution in [1.29, 1.82) is 0 Å². The minimum absolute atomic E-state index is 0.0379. The van der Waals surface area contributed by atoms with Gasteiger partial charge in [0.15, 0.2) is 0 Å². The van der Waals surface area contributed by atoms with Crippen LogP contribution < -0.4 is 11.3 Å². The zero-order valence-electron chi connectivity index (χ0n) is 11.5. The number of aromatic nitrogens is 1. The van der Waals surface area contributed by atoms with Crippen LogP contribution in [0.15, 0.2) is 40.2 Å². The number of hydrogen-bond donors (Lipinski definition) is 2. The van der Waals surface area contributed by atoms with Crippen molar-refractivity contribution >= 4 is 0 Å². The first-order chi connectivity index (χ1) is 9.04. The quantitative estimate of drug-likeness (QED) is 0.758. The molecule has 1 heterocycles. The van der Waals surface area contributed by atoms with Crippen LogP contribution in [0.4, 0.5) is 0 Å². The summed E-state index contributed by atoms with van der Waals surface area (Å²) in [5.41, 5.74) is 11.0. The summed E-state index contributed by atoms with van der Waals surface area (Å²) in [6.45, 7) is 4.29. The lowest BCUT2D eigenvalue weighted by Crippen LogP contribution is -2.48. The van der Waals surface area contributed by atoms with E-state index in [1.165, 1.54) is 11.1 Å². The number of allylic oxidation sites excluding steroid dienone is 2. The summed E-state index contributed by atoms with van der Waals surface area (Å²) >= 11 is 0. The third kappa shape index (κ3) is 1.80. The minimum Gasteiger partial charge on any atom is -0.326 e. The van der Waals surface area contributed by atoms with Crippen molar-refractivity contribution in [1.82, 2.24) is 4.98 Å². The maximum atomic E-state index is 11.5. The van der Waals surface area contributed by atoms with Gasteiger partial charge in [-0.3, -0.25) is 4.79 Å². The van der Waals surface area contributed by atoms with E-state index in [-0.39, 0.29) is 5.56 Å². The first-order valence-electron chi connectivity index (χ1n) is 6.94. The fourth-order valence-electron chi connectivity index (χ4n) is 3.65. The van der Waals surface area contributed by atoms with E-state index in [0.29, 0.717) is 5.92 Å². The summed E-state index contributed by atoms with van der Waals surface area (Å²) in [5, 5.41) is 0. The van der Waals surface area contributed by atoms with Crippen molar-refractivity contribution in [3.63, 3.8) is 0 Å². The fraction of sp³-hybridized carbons (Fsp3) is 0.438. The van der Waals surface area contributed by atoms with E-state index in [4.69, 9.17) is 5.73 Å². The average molecular weight is 256 g/mol. The number of hydrogen-bond acceptors (Lipinski definition) is 2. The molecule has 0 amide bonds. The third-order valence-corrected chi connectivity index (χ3v) is 4.29. The monoisotopic (exact) mass is 256 g/mol. The number of nitrogens with one attached hydrogen (secondary N) is 1. The molecule has 0 fully saturated rings. The van der Waals surface area contributed by atoms with Gasteiger partial charge in [0.2, 0.25) is 5.56 Å². The SMILES string of the molecule is CC/C=C1\[C@H]2C=C(C)C[C@]1(N)c1ccc(=O)[nH]c1C2. The maximum absolute atomic E-state index is 11.5. The molecule has 0 aliphatic heterocycles. The van der Waals surface area contributed by atoms with Crippen molar-refractivity contribution in [3.05, 3.63) is 57.0 Å². The summed E-state index contributed by atoms with van der Waals surface area (Å²) < 4.78 is 0. The van der Waals surface area contributed by atoms with E-state index in [1.54, 1.807) is 6.07 Å². The number of rotatable bonds is 1. The lowest BCUT2D eigenvalue weighted by Gasteiger charge is -2.45. The second-order valence-corrected chi connectivity index (χ2v) is 5.75. The topological polar surface area (TPSA) is 58.9 Å². The van der Waals surface area contributed by atoms with Crippen LogP contribution >= 0.6 is 0 Å². The van der Waals surface area contributed by atoms with Gasteiger partial charge in [-0.05, 0) is 43.4 Å². The molecule has 0 saturated carbocycles. The predicted molar refractivity (Wildman–Crippen MR) is 76.9 cm³/mol. The Morgan fingerprint density at radius 2 is 2.32 bits per heavy atom. The highest BCUT2D eigenvalue weighted by molar-refractivity contribution is 5.48. The van der Waals surface area contributed by atoms with Crippen molar-refractivity contribution in [3.8, 4) is 0 Å². The molecule has 2 atom stereocenters. The van der Waals surface area contributed by atoms with Gasteiger partial charge in [0.1, 0.15) is 0 Å². The molecule has 2 aliphatic rings. The van der Waals surface area contributed by atoms with Crippen LogP contribution in [-0.4, -0.2) is 4.98 Å². The second-order valence-electron chi connectivity index (χ2n) is 5.75. The van der Waals surface area contributed by atoms with Crippen molar-refractivity contribution in [2.24, 2.45) is 11.7 Å². The van der Waals surface area contributed by atoms with Crippen molar-refractivity contribution in [2.45, 2.75) is 38.6 Å². The van der Waals surface area contributed by atoms with Gasteiger partial charge in [-0.15, -0.1) is 0 Å². The van der Waals surface area contributed by atoms with E-state index in [1.807, 2.05) is 6.07 Å². The Balaban J connectivity index is 2.25. The Kier molecular flexibility index (Phi) is 2.75. The zero-order chi connectivity index (χ0) is 13.6. The van der Waals surface area contributed by atoms with Gasteiger partial charge in [0, 0.05) is 17.7 Å². The number of pyridine rings is 1. The summed E-state index contributed by atoms with van der Waals surface area (Å²) in [4.78, 5) is 14.5. The normalized spacial score (nSPS) is 31.0. The Morgan fingerprint density at radius 1 is 1.53 bits per heavy atom. The maximum Gasteiger partial charge on any atom is 0.248 e. The van der Waals surface area contributed by atoms with Gasteiger partial charge in [0.25, 0.3) is 0 Å². The molecular weight excluding hydrogens is 236 g/mol. The molecule has 0 radical (unpaired) electrons. The molecule has 3 heteroatoms. The van der Waals surface area contributed by atoms with Gasteiger partial charge in [-0.2, -0.15) is 0 Å². The van der Waals surface area contributed by atoms with Gasteiger partial charge < -0.3 is 10.7 Å². The zero-order valence-corrected chi connectivity index (χ0v) is 11.5. The van der Waals surface area contributed by atoms with Crippen molar-refractivity contribution < 1.29 is 0 Å². The van der Waals surface area contributed by atoms with Gasteiger partial charge in [0.05, 0.1) is 5.54 Å². The second kappa shape index (κ2) is 4.20. The van der Waals surface area contributed by atoms with E-state index in [9.17, 15) is 4.79 Å². The summed E-state index contributed by atoms with van der Waals surface area (Å²) in [6, 6.07) is 3.50. The first-order valence-corrected chi connectivity index (χ1v) is 6.94. The van der Waals surface area contributed by atoms with Gasteiger partial charge >= 0.3 is 0 Å². The molecule has 3 nitrogen and oxygen atoms in total. The molecule has 2 aliphatic carbocycles. The fourth-order valence-corrected chi connectivity index (χ4v) is 3.65. The van der Waals surface area contributed by atoms with Gasteiger partial charge in [-0.1, -0.05) is 24.6 Å². The molecule has 0 aromatic carbocycles. The Hall–Kier alpha value is -1.61. The Bertz CT molecular complexity index is 638. The van der Waals surface area contributed by atoms with Crippen molar-refractivity contribution in [2.75, 3.05) is 0 Å². The molecule has 19 heavy (non-hydrogen) atoms. The third-order valence-electron chi connectivity index (χ3n) is 4.29. The largest absolute Gasteiger partial charge is 0.326 e. The Morgan fingerprint density at radius 3 is 3.05 bits per heavy atom. The molecule has 100 valence electrons. The van der Waals surface area contributed by atoms with Gasteiger partial charge in [-0.25, -0.2) is 0 Å². The average Bonchev–Trinajstić information content (AvgIpc) is 2.32. The predicted octanol–water partition coefficient (Wildman–Crippen LogP) is 2.39. The van der Waals surface area contributed by atoms with E-state index >= 15 is 0 Å². The molecule has 1 aromatic rings. The van der Waals surface area contributed by atoms with Crippen LogP contribution in [0.3, 0.4) is 0 Å². The number of aromatic amines is 1. The number of fused-ring (bicyclic) bond motifs is 4. The van der Waals surface area contributed by atoms with E-state index < -0.39 is 5.54 Å². The summed E-state index contributed by atoms with van der Waals surface area (Å²) in [5.74, 6) is 0.337. The molecular formula is C16H20N2O. The number of H-pyrrole nitrogens is 1. The molecule has 1 aromatic heterocycles.